The summed E-state index contributed by atoms with van der Waals surface area (Å²) in [5.41, 5.74) is 7.03. The van der Waals surface area contributed by atoms with E-state index in [2.05, 4.69) is 5.16 Å². The molecule has 0 aliphatic rings. The lowest BCUT2D eigenvalue weighted by atomic mass is 10.0. The van der Waals surface area contributed by atoms with Crippen LogP contribution in [0.15, 0.2) is 28.8 Å². The second-order valence-electron chi connectivity index (χ2n) is 3.65. The molecule has 0 bridgehead atoms. The van der Waals surface area contributed by atoms with Gasteiger partial charge in [0.15, 0.2) is 0 Å². The average Bonchev–Trinajstić information content (AvgIpc) is 2.74. The Hall–Kier alpha value is -2.04. The zero-order valence-electron chi connectivity index (χ0n) is 9.61. The van der Waals surface area contributed by atoms with E-state index in [-0.39, 0.29) is 5.88 Å². The van der Waals surface area contributed by atoms with Crippen LogP contribution in [0.3, 0.4) is 0 Å². The third-order valence-corrected chi connectivity index (χ3v) is 2.49. The Bertz CT molecular complexity index is 523. The molecule has 0 fully saturated rings. The first-order valence-corrected chi connectivity index (χ1v) is 5.17. The Morgan fingerprint density at radius 2 is 2.24 bits per heavy atom. The van der Waals surface area contributed by atoms with Gasteiger partial charge in [0.25, 0.3) is 0 Å². The van der Waals surface area contributed by atoms with Crippen molar-refractivity contribution < 1.29 is 13.7 Å². The van der Waals surface area contributed by atoms with Crippen molar-refractivity contribution in [2.75, 3.05) is 12.8 Å². The number of benzene rings is 1. The standard InChI is InChI=1S/C12H13FN2O2/c1-7(13)12-8(4-3-5-10(12)16-2)9-6-11(14)17-15-9/h3-7H,14H2,1-2H3. The smallest absolute Gasteiger partial charge is 0.222 e. The number of halogens is 1. The number of methoxy groups -OCH3 is 1. The van der Waals surface area contributed by atoms with Gasteiger partial charge in [-0.1, -0.05) is 17.3 Å². The molecule has 0 saturated heterocycles. The van der Waals surface area contributed by atoms with E-state index >= 15 is 0 Å². The number of rotatable bonds is 3. The molecule has 1 aromatic heterocycles. The van der Waals surface area contributed by atoms with Crippen molar-refractivity contribution >= 4 is 5.88 Å². The van der Waals surface area contributed by atoms with Gasteiger partial charge in [0.05, 0.1) is 7.11 Å². The number of nitrogens with two attached hydrogens (primary N) is 1. The summed E-state index contributed by atoms with van der Waals surface area (Å²) in [6.45, 7) is 1.45. The van der Waals surface area contributed by atoms with Gasteiger partial charge in [0.2, 0.25) is 5.88 Å². The number of ether oxygens (including phenoxy) is 1. The zero-order valence-corrected chi connectivity index (χ0v) is 9.61. The van der Waals surface area contributed by atoms with Gasteiger partial charge < -0.3 is 15.0 Å². The summed E-state index contributed by atoms with van der Waals surface area (Å²) in [4.78, 5) is 0. The molecule has 1 unspecified atom stereocenters. The molecule has 90 valence electrons. The van der Waals surface area contributed by atoms with E-state index in [0.717, 1.165) is 0 Å². The van der Waals surface area contributed by atoms with Gasteiger partial charge in [-0.25, -0.2) is 4.39 Å². The third-order valence-electron chi connectivity index (χ3n) is 2.49. The van der Waals surface area contributed by atoms with Crippen molar-refractivity contribution in [3.8, 4) is 17.0 Å². The molecule has 17 heavy (non-hydrogen) atoms. The van der Waals surface area contributed by atoms with E-state index in [0.29, 0.717) is 22.6 Å². The van der Waals surface area contributed by atoms with Crippen molar-refractivity contribution in [1.82, 2.24) is 5.16 Å². The predicted molar refractivity (Wildman–Crippen MR) is 62.4 cm³/mol. The van der Waals surface area contributed by atoms with Crippen LogP contribution in [0.5, 0.6) is 5.75 Å². The normalized spacial score (nSPS) is 12.4. The third kappa shape index (κ3) is 2.08. The molecule has 2 rings (SSSR count). The van der Waals surface area contributed by atoms with E-state index in [1.54, 1.807) is 24.3 Å². The van der Waals surface area contributed by atoms with E-state index in [1.807, 2.05) is 0 Å². The summed E-state index contributed by atoms with van der Waals surface area (Å²) >= 11 is 0. The van der Waals surface area contributed by atoms with E-state index in [4.69, 9.17) is 15.0 Å². The van der Waals surface area contributed by atoms with Crippen LogP contribution in [-0.2, 0) is 0 Å². The zero-order chi connectivity index (χ0) is 12.4. The quantitative estimate of drug-likeness (QED) is 0.889. The van der Waals surface area contributed by atoms with Crippen LogP contribution in [0.4, 0.5) is 10.3 Å². The van der Waals surface area contributed by atoms with Crippen LogP contribution >= 0.6 is 0 Å². The van der Waals surface area contributed by atoms with Gasteiger partial charge in [0, 0.05) is 17.2 Å². The van der Waals surface area contributed by atoms with Gasteiger partial charge in [-0.2, -0.15) is 0 Å². The Balaban J connectivity index is 2.60. The summed E-state index contributed by atoms with van der Waals surface area (Å²) < 4.78 is 23.6. The van der Waals surface area contributed by atoms with Crippen LogP contribution in [0, 0.1) is 0 Å². The van der Waals surface area contributed by atoms with Crippen molar-refractivity contribution in [2.45, 2.75) is 13.1 Å². The van der Waals surface area contributed by atoms with Gasteiger partial charge >= 0.3 is 0 Å². The summed E-state index contributed by atoms with van der Waals surface area (Å²) in [5, 5.41) is 3.78. The number of hydrogen-bond donors (Lipinski definition) is 1. The molecule has 0 amide bonds. The van der Waals surface area contributed by atoms with E-state index < -0.39 is 6.17 Å². The molecule has 1 atom stereocenters. The van der Waals surface area contributed by atoms with E-state index in [1.165, 1.54) is 14.0 Å². The topological polar surface area (TPSA) is 61.3 Å². The highest BCUT2D eigenvalue weighted by Crippen LogP contribution is 2.36. The number of anilines is 1. The Morgan fingerprint density at radius 3 is 2.76 bits per heavy atom. The lowest BCUT2D eigenvalue weighted by molar-refractivity contribution is 0.347. The summed E-state index contributed by atoms with van der Waals surface area (Å²) in [5.74, 6) is 0.680. The van der Waals surface area contributed by atoms with Gasteiger partial charge in [0.1, 0.15) is 17.6 Å². The van der Waals surface area contributed by atoms with Gasteiger partial charge in [-0.15, -0.1) is 0 Å². The monoisotopic (exact) mass is 236 g/mol. The fourth-order valence-corrected chi connectivity index (χ4v) is 1.77. The van der Waals surface area contributed by atoms with Crippen LogP contribution in [0.25, 0.3) is 11.3 Å². The number of aromatic nitrogens is 1. The minimum Gasteiger partial charge on any atom is -0.496 e. The van der Waals surface area contributed by atoms with Gasteiger partial charge in [-0.3, -0.25) is 0 Å². The average molecular weight is 236 g/mol. The minimum atomic E-state index is -1.17. The molecule has 2 aromatic rings. The molecular formula is C12H13FN2O2. The largest absolute Gasteiger partial charge is 0.496 e. The minimum absolute atomic E-state index is 0.195. The highest BCUT2D eigenvalue weighted by atomic mass is 19.1. The molecule has 0 saturated carbocycles. The molecule has 4 nitrogen and oxygen atoms in total. The number of alkyl halides is 1. The first-order valence-electron chi connectivity index (χ1n) is 5.17. The van der Waals surface area contributed by atoms with Crippen molar-refractivity contribution in [3.05, 3.63) is 29.8 Å². The molecule has 1 heterocycles. The Kier molecular flexibility index (Phi) is 2.99. The highest BCUT2D eigenvalue weighted by molar-refractivity contribution is 5.68. The fraction of sp³-hybridized carbons (Fsp3) is 0.250. The SMILES string of the molecule is COc1cccc(-c2cc(N)on2)c1C(C)F. The second-order valence-corrected chi connectivity index (χ2v) is 3.65. The summed E-state index contributed by atoms with van der Waals surface area (Å²) in [7, 11) is 1.50. The number of hydrogen-bond acceptors (Lipinski definition) is 4. The maximum Gasteiger partial charge on any atom is 0.222 e. The second kappa shape index (κ2) is 4.45. The molecule has 0 spiro atoms. The lowest BCUT2D eigenvalue weighted by Crippen LogP contribution is -1.96. The van der Waals surface area contributed by atoms with Crippen molar-refractivity contribution in [3.63, 3.8) is 0 Å². The first-order chi connectivity index (χ1) is 8.13. The first kappa shape index (κ1) is 11.4. The molecule has 2 N–H and O–H groups in total. The summed E-state index contributed by atoms with van der Waals surface area (Å²) in [6.07, 6.45) is -1.17. The Labute approximate surface area is 98.2 Å². The van der Waals surface area contributed by atoms with Crippen LogP contribution < -0.4 is 10.5 Å². The van der Waals surface area contributed by atoms with E-state index in [9.17, 15) is 4.39 Å². The van der Waals surface area contributed by atoms with Crippen LogP contribution in [-0.4, -0.2) is 12.3 Å². The molecule has 0 radical (unpaired) electrons. The maximum absolute atomic E-state index is 13.7. The van der Waals surface area contributed by atoms with Gasteiger partial charge in [-0.05, 0) is 13.0 Å². The Morgan fingerprint density at radius 1 is 1.47 bits per heavy atom. The fourth-order valence-electron chi connectivity index (χ4n) is 1.77. The molecule has 1 aromatic carbocycles. The maximum atomic E-state index is 13.7. The van der Waals surface area contributed by atoms with Crippen molar-refractivity contribution in [2.24, 2.45) is 0 Å². The molecule has 5 heteroatoms. The highest BCUT2D eigenvalue weighted by Gasteiger charge is 2.18. The van der Waals surface area contributed by atoms with Crippen molar-refractivity contribution in [1.29, 1.82) is 0 Å². The van der Waals surface area contributed by atoms with Crippen LogP contribution in [0.2, 0.25) is 0 Å². The molecule has 0 aliphatic carbocycles. The molecular weight excluding hydrogens is 223 g/mol. The molecule has 0 aliphatic heterocycles. The summed E-state index contributed by atoms with van der Waals surface area (Å²) in [6, 6.07) is 6.79. The number of nitrogen functional groups attached to an aromatic ring is 1. The van der Waals surface area contributed by atoms with Crippen LogP contribution in [0.1, 0.15) is 18.7 Å². The lowest BCUT2D eigenvalue weighted by Gasteiger charge is -2.13. The number of nitrogens with zero attached hydrogens (tertiary/aromatic N) is 1. The predicted octanol–water partition coefficient (Wildman–Crippen LogP) is 2.96.